The Bertz CT molecular complexity index is 539. The molecule has 0 aromatic heterocycles. The minimum Gasteiger partial charge on any atom is -0.466 e. The average Bonchev–Trinajstić information content (AvgIpc) is 2.56. The molecule has 5 nitrogen and oxygen atoms in total. The van der Waals surface area contributed by atoms with Crippen LogP contribution in [0.4, 0.5) is 5.69 Å². The third-order valence-electron chi connectivity index (χ3n) is 4.37. The lowest BCUT2D eigenvalue weighted by Gasteiger charge is -2.31. The van der Waals surface area contributed by atoms with Crippen molar-refractivity contribution in [3.63, 3.8) is 0 Å². The van der Waals surface area contributed by atoms with Gasteiger partial charge in [-0.3, -0.25) is 9.59 Å². The first-order valence-corrected chi connectivity index (χ1v) is 8.46. The van der Waals surface area contributed by atoms with Gasteiger partial charge in [0, 0.05) is 23.6 Å². The quantitative estimate of drug-likeness (QED) is 0.800. The summed E-state index contributed by atoms with van der Waals surface area (Å²) in [6.45, 7) is 5.77. The number of quaternary nitrogens is 1. The van der Waals surface area contributed by atoms with Gasteiger partial charge in [0.2, 0.25) is 0 Å². The topological polar surface area (TPSA) is 59.8 Å². The number of hydrogen-bond acceptors (Lipinski definition) is 3. The van der Waals surface area contributed by atoms with Gasteiger partial charge < -0.3 is 15.0 Å². The predicted octanol–water partition coefficient (Wildman–Crippen LogP) is 1.52. The van der Waals surface area contributed by atoms with Crippen LogP contribution in [0.25, 0.3) is 0 Å². The molecule has 0 unspecified atom stereocenters. The largest absolute Gasteiger partial charge is 0.466 e. The van der Waals surface area contributed by atoms with Crippen LogP contribution in [-0.2, 0) is 14.3 Å². The van der Waals surface area contributed by atoms with Crippen molar-refractivity contribution in [2.75, 3.05) is 25.0 Å². The van der Waals surface area contributed by atoms with E-state index >= 15 is 0 Å². The smallest absolute Gasteiger partial charge is 0.309 e. The molecule has 23 heavy (non-hydrogen) atoms. The third-order valence-corrected chi connectivity index (χ3v) is 4.62. The molecule has 1 aromatic carbocycles. The first-order chi connectivity index (χ1) is 11.0. The Labute approximate surface area is 141 Å². The average molecular weight is 340 g/mol. The van der Waals surface area contributed by atoms with E-state index in [2.05, 4.69) is 5.32 Å². The standard InChI is InChI=1S/C17H23ClN2O3/c1-3-23-17(22)13-8-10-20(11-9-13)12(2)16(21)19-15-6-4-14(18)5-7-15/h4-7,12-13H,3,8-11H2,1-2H3,(H,19,21)/p+1/t12-/m1/s1. The summed E-state index contributed by atoms with van der Waals surface area (Å²) in [5.41, 5.74) is 0.743. The summed E-state index contributed by atoms with van der Waals surface area (Å²) in [6, 6.07) is 6.91. The van der Waals surface area contributed by atoms with Crippen LogP contribution >= 0.6 is 11.6 Å². The lowest BCUT2D eigenvalue weighted by atomic mass is 9.96. The molecule has 0 spiro atoms. The summed E-state index contributed by atoms with van der Waals surface area (Å²) in [7, 11) is 0. The number of nitrogens with one attached hydrogen (secondary N) is 2. The number of piperidine rings is 1. The molecule has 2 rings (SSSR count). The van der Waals surface area contributed by atoms with Crippen LogP contribution < -0.4 is 10.2 Å². The molecular weight excluding hydrogens is 316 g/mol. The monoisotopic (exact) mass is 339 g/mol. The van der Waals surface area contributed by atoms with E-state index in [0.717, 1.165) is 31.6 Å². The van der Waals surface area contributed by atoms with Crippen LogP contribution in [0, 0.1) is 5.92 Å². The Morgan fingerprint density at radius 3 is 2.48 bits per heavy atom. The maximum atomic E-state index is 12.4. The molecule has 0 bridgehead atoms. The lowest BCUT2D eigenvalue weighted by molar-refractivity contribution is -0.919. The maximum Gasteiger partial charge on any atom is 0.309 e. The Morgan fingerprint density at radius 1 is 1.30 bits per heavy atom. The molecular formula is C17H24ClN2O3+. The Kier molecular flexibility index (Phi) is 6.42. The van der Waals surface area contributed by atoms with Crippen LogP contribution in [0.2, 0.25) is 5.02 Å². The zero-order valence-corrected chi connectivity index (χ0v) is 14.4. The number of carbonyl (C=O) groups excluding carboxylic acids is 2. The molecule has 6 heteroatoms. The molecule has 1 atom stereocenters. The molecule has 1 aromatic rings. The van der Waals surface area contributed by atoms with E-state index in [-0.39, 0.29) is 23.8 Å². The van der Waals surface area contributed by atoms with E-state index in [9.17, 15) is 9.59 Å². The minimum absolute atomic E-state index is 0.0168. The SMILES string of the molecule is CCOC(=O)C1CC[NH+]([C@H](C)C(=O)Nc2ccc(Cl)cc2)CC1. The fourth-order valence-corrected chi connectivity index (χ4v) is 3.01. The maximum absolute atomic E-state index is 12.4. The van der Waals surface area contributed by atoms with Crippen molar-refractivity contribution >= 4 is 29.2 Å². The fraction of sp³-hybridized carbons (Fsp3) is 0.529. The molecule has 1 aliphatic rings. The minimum atomic E-state index is -0.158. The molecule has 2 N–H and O–H groups in total. The predicted molar refractivity (Wildman–Crippen MR) is 89.6 cm³/mol. The lowest BCUT2D eigenvalue weighted by Crippen LogP contribution is -3.17. The molecule has 0 radical (unpaired) electrons. The summed E-state index contributed by atoms with van der Waals surface area (Å²) < 4.78 is 5.07. The second-order valence-corrected chi connectivity index (χ2v) is 6.34. The fourth-order valence-electron chi connectivity index (χ4n) is 2.89. The Hall–Kier alpha value is -1.59. The summed E-state index contributed by atoms with van der Waals surface area (Å²) in [6.07, 6.45) is 1.54. The van der Waals surface area contributed by atoms with E-state index in [1.54, 1.807) is 24.3 Å². The van der Waals surface area contributed by atoms with Crippen molar-refractivity contribution in [3.05, 3.63) is 29.3 Å². The number of esters is 1. The van der Waals surface area contributed by atoms with Crippen molar-refractivity contribution in [1.82, 2.24) is 0 Å². The summed E-state index contributed by atoms with van der Waals surface area (Å²) in [5.74, 6) is -0.146. The van der Waals surface area contributed by atoms with Gasteiger partial charge in [0.05, 0.1) is 25.6 Å². The number of hydrogen-bond donors (Lipinski definition) is 2. The van der Waals surface area contributed by atoms with Gasteiger partial charge in [-0.1, -0.05) is 11.6 Å². The summed E-state index contributed by atoms with van der Waals surface area (Å²) in [5, 5.41) is 3.55. The number of amides is 1. The van der Waals surface area contributed by atoms with E-state index in [0.29, 0.717) is 11.6 Å². The van der Waals surface area contributed by atoms with Gasteiger partial charge in [-0.15, -0.1) is 0 Å². The first-order valence-electron chi connectivity index (χ1n) is 8.09. The zero-order valence-electron chi connectivity index (χ0n) is 13.6. The number of carbonyl (C=O) groups is 2. The van der Waals surface area contributed by atoms with Crippen LogP contribution in [0.15, 0.2) is 24.3 Å². The highest BCUT2D eigenvalue weighted by molar-refractivity contribution is 6.30. The first kappa shape index (κ1) is 17.8. The number of anilines is 1. The van der Waals surface area contributed by atoms with Crippen molar-refractivity contribution in [2.24, 2.45) is 5.92 Å². The van der Waals surface area contributed by atoms with E-state index in [1.165, 1.54) is 4.90 Å². The van der Waals surface area contributed by atoms with Gasteiger partial charge in [0.15, 0.2) is 6.04 Å². The molecule has 0 aliphatic carbocycles. The van der Waals surface area contributed by atoms with Gasteiger partial charge in [-0.2, -0.15) is 0 Å². The Balaban J connectivity index is 1.84. The Morgan fingerprint density at radius 2 is 1.91 bits per heavy atom. The van der Waals surface area contributed by atoms with E-state index in [1.807, 2.05) is 13.8 Å². The second kappa shape index (κ2) is 8.31. The van der Waals surface area contributed by atoms with Crippen molar-refractivity contribution in [1.29, 1.82) is 0 Å². The zero-order chi connectivity index (χ0) is 16.8. The van der Waals surface area contributed by atoms with Crippen molar-refractivity contribution in [2.45, 2.75) is 32.7 Å². The summed E-state index contributed by atoms with van der Waals surface area (Å²) in [4.78, 5) is 25.3. The molecule has 1 saturated heterocycles. The molecule has 126 valence electrons. The number of likely N-dealkylation sites (tertiary alicyclic amines) is 1. The highest BCUT2D eigenvalue weighted by Gasteiger charge is 2.33. The number of rotatable bonds is 5. The molecule has 1 fully saturated rings. The second-order valence-electron chi connectivity index (χ2n) is 5.90. The van der Waals surface area contributed by atoms with E-state index < -0.39 is 0 Å². The number of halogens is 1. The van der Waals surface area contributed by atoms with Gasteiger partial charge in [0.25, 0.3) is 5.91 Å². The van der Waals surface area contributed by atoms with Gasteiger partial charge >= 0.3 is 5.97 Å². The molecule has 1 amide bonds. The van der Waals surface area contributed by atoms with Crippen LogP contribution in [0.1, 0.15) is 26.7 Å². The molecule has 1 heterocycles. The summed E-state index contributed by atoms with van der Waals surface area (Å²) >= 11 is 5.84. The van der Waals surface area contributed by atoms with Crippen LogP contribution in [-0.4, -0.2) is 37.6 Å². The van der Waals surface area contributed by atoms with Gasteiger partial charge in [-0.05, 0) is 38.1 Å². The van der Waals surface area contributed by atoms with Gasteiger partial charge in [-0.25, -0.2) is 0 Å². The highest BCUT2D eigenvalue weighted by Crippen LogP contribution is 2.14. The van der Waals surface area contributed by atoms with Crippen LogP contribution in [0.5, 0.6) is 0 Å². The van der Waals surface area contributed by atoms with Gasteiger partial charge in [0.1, 0.15) is 0 Å². The van der Waals surface area contributed by atoms with Crippen molar-refractivity contribution < 1.29 is 19.2 Å². The van der Waals surface area contributed by atoms with E-state index in [4.69, 9.17) is 16.3 Å². The number of ether oxygens (including phenoxy) is 1. The normalized spacial score (nSPS) is 22.2. The van der Waals surface area contributed by atoms with Crippen molar-refractivity contribution in [3.8, 4) is 0 Å². The molecule has 1 aliphatic heterocycles. The number of benzene rings is 1. The highest BCUT2D eigenvalue weighted by atomic mass is 35.5. The third kappa shape index (κ3) is 4.94. The molecule has 0 saturated carbocycles. The van der Waals surface area contributed by atoms with Crippen LogP contribution in [0.3, 0.4) is 0 Å².